The Morgan fingerprint density at radius 3 is 2.38 bits per heavy atom. The second kappa shape index (κ2) is 10.7. The van der Waals surface area contributed by atoms with Crippen molar-refractivity contribution in [3.8, 4) is 23.1 Å². The van der Waals surface area contributed by atoms with Gasteiger partial charge in [-0.3, -0.25) is 9.59 Å². The predicted octanol–water partition coefficient (Wildman–Crippen LogP) is 2.12. The van der Waals surface area contributed by atoms with Crippen molar-refractivity contribution in [3.63, 3.8) is 0 Å². The molecule has 10 nitrogen and oxygen atoms in total. The lowest BCUT2D eigenvalue weighted by Gasteiger charge is -2.20. The van der Waals surface area contributed by atoms with Crippen LogP contribution in [-0.4, -0.2) is 65.0 Å². The number of carbonyl (C=O) groups is 2. The number of amides is 2. The molecule has 172 valence electrons. The summed E-state index contributed by atoms with van der Waals surface area (Å²) in [5.74, 6) is 0.788. The molecule has 1 aromatic carbocycles. The minimum absolute atomic E-state index is 0.0914. The molecule has 0 bridgehead atoms. The third-order valence-corrected chi connectivity index (χ3v) is 5.00. The van der Waals surface area contributed by atoms with Crippen LogP contribution in [0.25, 0.3) is 0 Å². The fourth-order valence-corrected chi connectivity index (χ4v) is 3.37. The van der Waals surface area contributed by atoms with Crippen LogP contribution in [0.4, 0.5) is 11.4 Å². The Morgan fingerprint density at radius 2 is 1.81 bits per heavy atom. The summed E-state index contributed by atoms with van der Waals surface area (Å²) in [6.07, 6.45) is 1.60. The van der Waals surface area contributed by atoms with E-state index in [0.29, 0.717) is 47.7 Å². The first-order valence-corrected chi connectivity index (χ1v) is 9.99. The van der Waals surface area contributed by atoms with Gasteiger partial charge in [0, 0.05) is 38.3 Å². The first-order chi connectivity index (χ1) is 15.5. The predicted molar refractivity (Wildman–Crippen MR) is 117 cm³/mol. The summed E-state index contributed by atoms with van der Waals surface area (Å²) >= 11 is 0. The number of nitrogens with zero attached hydrogens (tertiary/aromatic N) is 2. The molecule has 0 aliphatic carbocycles. The molecule has 1 N–H and O–H groups in total. The molecule has 1 unspecified atom stereocenters. The summed E-state index contributed by atoms with van der Waals surface area (Å²) < 4.78 is 26.4. The fourth-order valence-electron chi connectivity index (χ4n) is 3.37. The molecule has 0 saturated carbocycles. The molecule has 1 saturated heterocycles. The van der Waals surface area contributed by atoms with Gasteiger partial charge in [0.2, 0.25) is 23.4 Å². The minimum atomic E-state index is -0.515. The van der Waals surface area contributed by atoms with E-state index in [0.717, 1.165) is 0 Å². The van der Waals surface area contributed by atoms with Crippen LogP contribution in [0.3, 0.4) is 0 Å². The standard InChI is InChI=1S/C22H27N3O7/c1-28-7-8-32-19-6-5-15(12-23-19)24-22(27)14-9-20(26)25(13-14)16-10-17(29-2)21(31-4)18(11-16)30-3/h5-6,10-12,14H,7-9,13H2,1-4H3,(H,24,27). The number of rotatable bonds is 10. The molecular weight excluding hydrogens is 418 g/mol. The Hall–Kier alpha value is -3.53. The van der Waals surface area contributed by atoms with E-state index >= 15 is 0 Å². The molecule has 0 radical (unpaired) electrons. The average molecular weight is 445 g/mol. The summed E-state index contributed by atoms with van der Waals surface area (Å²) in [6, 6.07) is 6.73. The zero-order valence-corrected chi connectivity index (χ0v) is 18.5. The molecule has 1 aliphatic heterocycles. The van der Waals surface area contributed by atoms with Crippen molar-refractivity contribution in [3.05, 3.63) is 30.5 Å². The topological polar surface area (TPSA) is 108 Å². The summed E-state index contributed by atoms with van der Waals surface area (Å²) in [5, 5.41) is 2.80. The molecule has 0 spiro atoms. The molecule has 1 aliphatic rings. The highest BCUT2D eigenvalue weighted by molar-refractivity contribution is 6.03. The Labute approximate surface area is 186 Å². The molecule has 10 heteroatoms. The Balaban J connectivity index is 1.67. The van der Waals surface area contributed by atoms with E-state index in [9.17, 15) is 9.59 Å². The molecule has 1 aromatic heterocycles. The van der Waals surface area contributed by atoms with Gasteiger partial charge in [-0.2, -0.15) is 0 Å². The first-order valence-electron chi connectivity index (χ1n) is 9.99. The van der Waals surface area contributed by atoms with Crippen LogP contribution in [-0.2, 0) is 14.3 Å². The molecule has 2 heterocycles. The van der Waals surface area contributed by atoms with Gasteiger partial charge in [-0.05, 0) is 6.07 Å². The number of carbonyl (C=O) groups excluding carboxylic acids is 2. The average Bonchev–Trinajstić information content (AvgIpc) is 3.21. The maximum absolute atomic E-state index is 12.7. The molecular formula is C22H27N3O7. The van der Waals surface area contributed by atoms with Crippen LogP contribution in [0.5, 0.6) is 23.1 Å². The van der Waals surface area contributed by atoms with E-state index in [1.165, 1.54) is 27.5 Å². The van der Waals surface area contributed by atoms with E-state index in [-0.39, 0.29) is 24.8 Å². The molecule has 2 amide bonds. The van der Waals surface area contributed by atoms with Crippen molar-refractivity contribution in [2.24, 2.45) is 5.92 Å². The number of anilines is 2. The van der Waals surface area contributed by atoms with Crippen LogP contribution in [0.2, 0.25) is 0 Å². The SMILES string of the molecule is COCCOc1ccc(NC(=O)C2CC(=O)N(c3cc(OC)c(OC)c(OC)c3)C2)cn1. The van der Waals surface area contributed by atoms with Gasteiger partial charge in [-0.1, -0.05) is 0 Å². The van der Waals surface area contributed by atoms with Crippen molar-refractivity contribution in [1.82, 2.24) is 4.98 Å². The molecule has 32 heavy (non-hydrogen) atoms. The van der Waals surface area contributed by atoms with Gasteiger partial charge in [-0.15, -0.1) is 0 Å². The van der Waals surface area contributed by atoms with Gasteiger partial charge in [0.15, 0.2) is 11.5 Å². The van der Waals surface area contributed by atoms with Crippen LogP contribution >= 0.6 is 0 Å². The highest BCUT2D eigenvalue weighted by Crippen LogP contribution is 2.42. The van der Waals surface area contributed by atoms with Crippen molar-refractivity contribution < 1.29 is 33.3 Å². The summed E-state index contributed by atoms with van der Waals surface area (Å²) in [4.78, 5) is 31.1. The van der Waals surface area contributed by atoms with Crippen LogP contribution in [0, 0.1) is 5.92 Å². The molecule has 1 atom stereocenters. The van der Waals surface area contributed by atoms with Crippen molar-refractivity contribution >= 4 is 23.2 Å². The third kappa shape index (κ3) is 5.20. The third-order valence-electron chi connectivity index (χ3n) is 5.00. The first kappa shape index (κ1) is 23.1. The normalized spacial score (nSPS) is 15.4. The number of methoxy groups -OCH3 is 4. The van der Waals surface area contributed by atoms with E-state index in [1.54, 1.807) is 36.3 Å². The summed E-state index contributed by atoms with van der Waals surface area (Å²) in [5.41, 5.74) is 1.09. The molecule has 2 aromatic rings. The Morgan fingerprint density at radius 1 is 1.09 bits per heavy atom. The van der Waals surface area contributed by atoms with Gasteiger partial charge >= 0.3 is 0 Å². The zero-order valence-electron chi connectivity index (χ0n) is 18.5. The zero-order chi connectivity index (χ0) is 23.1. The van der Waals surface area contributed by atoms with Gasteiger partial charge in [0.1, 0.15) is 6.61 Å². The van der Waals surface area contributed by atoms with Gasteiger partial charge < -0.3 is 33.9 Å². The van der Waals surface area contributed by atoms with Gasteiger partial charge in [0.25, 0.3) is 0 Å². The van der Waals surface area contributed by atoms with Gasteiger partial charge in [-0.25, -0.2) is 4.98 Å². The fraction of sp³-hybridized carbons (Fsp3) is 0.409. The smallest absolute Gasteiger partial charge is 0.229 e. The van der Waals surface area contributed by atoms with Crippen molar-refractivity contribution in [2.75, 3.05) is 58.4 Å². The highest BCUT2D eigenvalue weighted by Gasteiger charge is 2.36. The second-order valence-electron chi connectivity index (χ2n) is 7.00. The monoisotopic (exact) mass is 445 g/mol. The number of pyridine rings is 1. The van der Waals surface area contributed by atoms with Crippen molar-refractivity contribution in [1.29, 1.82) is 0 Å². The van der Waals surface area contributed by atoms with E-state index in [2.05, 4.69) is 10.3 Å². The lowest BCUT2D eigenvalue weighted by Crippen LogP contribution is -2.28. The Kier molecular flexibility index (Phi) is 7.72. The van der Waals surface area contributed by atoms with Crippen LogP contribution in [0.1, 0.15) is 6.42 Å². The Bertz CT molecular complexity index is 924. The maximum atomic E-state index is 12.7. The number of benzene rings is 1. The summed E-state index contributed by atoms with van der Waals surface area (Å²) in [6.45, 7) is 1.07. The van der Waals surface area contributed by atoms with Crippen LogP contribution in [0.15, 0.2) is 30.5 Å². The lowest BCUT2D eigenvalue weighted by atomic mass is 10.1. The van der Waals surface area contributed by atoms with E-state index in [1.807, 2.05) is 0 Å². The van der Waals surface area contributed by atoms with E-state index in [4.69, 9.17) is 23.7 Å². The maximum Gasteiger partial charge on any atom is 0.229 e. The molecule has 1 fully saturated rings. The second-order valence-corrected chi connectivity index (χ2v) is 7.00. The van der Waals surface area contributed by atoms with Crippen LogP contribution < -0.4 is 29.2 Å². The van der Waals surface area contributed by atoms with E-state index < -0.39 is 5.92 Å². The number of hydrogen-bond acceptors (Lipinski definition) is 8. The van der Waals surface area contributed by atoms with Gasteiger partial charge in [0.05, 0.1) is 51.4 Å². The largest absolute Gasteiger partial charge is 0.493 e. The lowest BCUT2D eigenvalue weighted by molar-refractivity contribution is -0.122. The number of hydrogen-bond donors (Lipinski definition) is 1. The quantitative estimate of drug-likeness (QED) is 0.554. The minimum Gasteiger partial charge on any atom is -0.493 e. The number of aromatic nitrogens is 1. The number of ether oxygens (including phenoxy) is 5. The molecule has 3 rings (SSSR count). The number of nitrogens with one attached hydrogen (secondary N) is 1. The van der Waals surface area contributed by atoms with Crippen molar-refractivity contribution in [2.45, 2.75) is 6.42 Å². The summed E-state index contributed by atoms with van der Waals surface area (Å²) in [7, 11) is 6.11. The highest BCUT2D eigenvalue weighted by atomic mass is 16.5.